The van der Waals surface area contributed by atoms with Crippen molar-refractivity contribution in [1.29, 1.82) is 0 Å². The van der Waals surface area contributed by atoms with Crippen molar-refractivity contribution in [3.8, 4) is 16.8 Å². The van der Waals surface area contributed by atoms with E-state index in [-0.39, 0.29) is 5.41 Å². The molecule has 0 amide bonds. The van der Waals surface area contributed by atoms with Crippen LogP contribution in [0.4, 0.5) is 17.1 Å². The summed E-state index contributed by atoms with van der Waals surface area (Å²) in [4.78, 5) is 2.52. The first-order valence-corrected chi connectivity index (χ1v) is 22.3. The Balaban J connectivity index is 1.22. The van der Waals surface area contributed by atoms with Crippen LogP contribution in [0.5, 0.6) is 0 Å². The molecule has 0 aliphatic heterocycles. The first-order valence-electron chi connectivity index (χ1n) is 18.8. The Morgan fingerprint density at radius 3 is 1.75 bits per heavy atom. The fourth-order valence-corrected chi connectivity index (χ4v) is 10.2. The van der Waals surface area contributed by atoms with Gasteiger partial charge in [0.05, 0.1) is 30.5 Å². The van der Waals surface area contributed by atoms with Crippen LogP contribution in [0, 0.1) is 0 Å². The Hall–Kier alpha value is -5.90. The Morgan fingerprint density at radius 2 is 1.08 bits per heavy atom. The summed E-state index contributed by atoms with van der Waals surface area (Å²) < 4.78 is 2.44. The lowest BCUT2D eigenvalue weighted by molar-refractivity contribution is 0.660. The maximum atomic E-state index is 2.52. The number of hydrogen-bond acceptors (Lipinski definition) is 1. The number of anilines is 3. The minimum atomic E-state index is -1.48. The van der Waals surface area contributed by atoms with Crippen LogP contribution in [0.1, 0.15) is 25.0 Å². The molecule has 8 aromatic carbocycles. The van der Waals surface area contributed by atoms with Crippen LogP contribution in [0.15, 0.2) is 164 Å². The van der Waals surface area contributed by atoms with Gasteiger partial charge in [-0.2, -0.15) is 0 Å². The molecule has 0 N–H and O–H groups in total. The Labute approximate surface area is 312 Å². The third-order valence-corrected chi connectivity index (χ3v) is 13.8. The second-order valence-corrected chi connectivity index (χ2v) is 21.3. The van der Waals surface area contributed by atoms with Crippen LogP contribution >= 0.6 is 0 Å². The van der Waals surface area contributed by atoms with E-state index in [1.54, 1.807) is 0 Å². The van der Waals surface area contributed by atoms with Gasteiger partial charge < -0.3 is 9.47 Å². The molecule has 0 bridgehead atoms. The van der Waals surface area contributed by atoms with Gasteiger partial charge in [-0.25, -0.2) is 0 Å². The molecule has 3 heteroatoms. The highest BCUT2D eigenvalue weighted by Crippen LogP contribution is 2.55. The van der Waals surface area contributed by atoms with Crippen molar-refractivity contribution in [3.05, 3.63) is 175 Å². The topological polar surface area (TPSA) is 8.17 Å². The lowest BCUT2D eigenvalue weighted by atomic mass is 9.81. The summed E-state index contributed by atoms with van der Waals surface area (Å²) in [5.74, 6) is 0. The van der Waals surface area contributed by atoms with Crippen molar-refractivity contribution >= 4 is 73.7 Å². The lowest BCUT2D eigenvalue weighted by Gasteiger charge is -2.31. The monoisotopic (exact) mass is 698 g/mol. The van der Waals surface area contributed by atoms with E-state index in [0.29, 0.717) is 0 Å². The van der Waals surface area contributed by atoms with Crippen molar-refractivity contribution < 1.29 is 0 Å². The summed E-state index contributed by atoms with van der Waals surface area (Å²) in [5, 5.41) is 9.07. The zero-order valence-corrected chi connectivity index (χ0v) is 32.0. The molecule has 9 aromatic rings. The minimum Gasteiger partial charge on any atom is -0.309 e. The molecule has 10 rings (SSSR count). The molecular formula is C50H42N2Si. The molecule has 0 radical (unpaired) electrons. The van der Waals surface area contributed by atoms with Gasteiger partial charge in [0, 0.05) is 38.3 Å². The molecule has 1 aliphatic rings. The first-order chi connectivity index (χ1) is 25.7. The molecule has 1 heterocycles. The molecule has 256 valence electrons. The normalized spacial score (nSPS) is 13.5. The first kappa shape index (κ1) is 31.8. The fourth-order valence-electron chi connectivity index (χ4n) is 9.00. The lowest BCUT2D eigenvalue weighted by Crippen LogP contribution is -2.37. The third-order valence-electron chi connectivity index (χ3n) is 11.7. The van der Waals surface area contributed by atoms with E-state index in [1.165, 1.54) is 93.5 Å². The van der Waals surface area contributed by atoms with Gasteiger partial charge in [0.1, 0.15) is 0 Å². The average molecular weight is 699 g/mol. The Bertz CT molecular complexity index is 2850. The molecule has 0 unspecified atom stereocenters. The van der Waals surface area contributed by atoms with E-state index in [2.05, 4.69) is 207 Å². The largest absolute Gasteiger partial charge is 0.309 e. The summed E-state index contributed by atoms with van der Waals surface area (Å²) >= 11 is 0. The quantitative estimate of drug-likeness (QED) is 0.162. The van der Waals surface area contributed by atoms with E-state index in [0.717, 1.165) is 0 Å². The van der Waals surface area contributed by atoms with Crippen LogP contribution in [0.3, 0.4) is 0 Å². The predicted molar refractivity (Wildman–Crippen MR) is 231 cm³/mol. The highest BCUT2D eigenvalue weighted by Gasteiger charge is 2.38. The van der Waals surface area contributed by atoms with Crippen molar-refractivity contribution in [2.75, 3.05) is 4.90 Å². The Morgan fingerprint density at radius 1 is 0.491 bits per heavy atom. The zero-order valence-electron chi connectivity index (χ0n) is 31.0. The van der Waals surface area contributed by atoms with Crippen LogP contribution in [0.25, 0.3) is 60.2 Å². The van der Waals surface area contributed by atoms with E-state index in [1.807, 2.05) is 0 Å². The summed E-state index contributed by atoms with van der Waals surface area (Å²) in [7, 11) is -1.48. The molecular weight excluding hydrogens is 657 g/mol. The van der Waals surface area contributed by atoms with E-state index < -0.39 is 8.07 Å². The summed E-state index contributed by atoms with van der Waals surface area (Å²) in [6, 6.07) is 61.2. The number of benzene rings is 8. The van der Waals surface area contributed by atoms with Crippen molar-refractivity contribution in [2.24, 2.45) is 0 Å². The molecule has 1 aromatic heterocycles. The van der Waals surface area contributed by atoms with E-state index in [4.69, 9.17) is 0 Å². The second-order valence-electron chi connectivity index (χ2n) is 16.2. The predicted octanol–water partition coefficient (Wildman–Crippen LogP) is 13.4. The maximum absolute atomic E-state index is 2.52. The highest BCUT2D eigenvalue weighted by atomic mass is 28.3. The molecule has 0 spiro atoms. The summed E-state index contributed by atoms with van der Waals surface area (Å²) in [6.07, 6.45) is 0. The summed E-state index contributed by atoms with van der Waals surface area (Å²) in [5.41, 5.74) is 12.4. The summed E-state index contributed by atoms with van der Waals surface area (Å²) in [6.45, 7) is 12.1. The fraction of sp³-hybridized carbons (Fsp3) is 0.120. The van der Waals surface area contributed by atoms with Gasteiger partial charge in [-0.15, -0.1) is 0 Å². The third kappa shape index (κ3) is 4.77. The molecule has 53 heavy (non-hydrogen) atoms. The van der Waals surface area contributed by atoms with E-state index >= 15 is 0 Å². The average Bonchev–Trinajstić information content (AvgIpc) is 3.63. The van der Waals surface area contributed by atoms with Crippen molar-refractivity contribution in [1.82, 2.24) is 4.57 Å². The number of rotatable bonds is 5. The van der Waals surface area contributed by atoms with Crippen LogP contribution in [-0.2, 0) is 5.41 Å². The smallest absolute Gasteiger partial charge is 0.0775 e. The van der Waals surface area contributed by atoms with Gasteiger partial charge in [0.2, 0.25) is 0 Å². The van der Waals surface area contributed by atoms with Crippen LogP contribution in [-0.4, -0.2) is 12.6 Å². The van der Waals surface area contributed by atoms with Crippen molar-refractivity contribution in [3.63, 3.8) is 0 Å². The van der Waals surface area contributed by atoms with Gasteiger partial charge in [0.25, 0.3) is 0 Å². The van der Waals surface area contributed by atoms with E-state index in [9.17, 15) is 0 Å². The standard InChI is InChI=1S/C50H42N2Si/c1-50(2)43-31-35(52-46-22-12-10-18-38(46)39-19-11-13-23-47(39)52)27-30-42(43)49-41-21-9-8-20-40(41)48(32-44(49)50)51(34-25-28-36(29-26-34)53(3,4)5)45-24-14-16-33-15-6-7-17-37(33)45/h6-32H,1-5H3. The van der Waals surface area contributed by atoms with Gasteiger partial charge in [-0.3, -0.25) is 0 Å². The molecule has 0 fully saturated rings. The molecule has 2 nitrogen and oxygen atoms in total. The molecule has 1 aliphatic carbocycles. The second kappa shape index (κ2) is 11.5. The number of aromatic nitrogens is 1. The highest BCUT2D eigenvalue weighted by molar-refractivity contribution is 6.88. The van der Waals surface area contributed by atoms with Gasteiger partial charge in [-0.05, 0) is 81.6 Å². The number of para-hydroxylation sites is 2. The molecule has 0 saturated heterocycles. The number of fused-ring (bicyclic) bond motifs is 9. The van der Waals surface area contributed by atoms with Crippen LogP contribution < -0.4 is 10.1 Å². The van der Waals surface area contributed by atoms with Gasteiger partial charge >= 0.3 is 0 Å². The Kier molecular flexibility index (Phi) is 6.93. The van der Waals surface area contributed by atoms with Gasteiger partial charge in [-0.1, -0.05) is 154 Å². The zero-order chi connectivity index (χ0) is 36.1. The van der Waals surface area contributed by atoms with Gasteiger partial charge in [0.15, 0.2) is 0 Å². The minimum absolute atomic E-state index is 0.232. The maximum Gasteiger partial charge on any atom is 0.0775 e. The van der Waals surface area contributed by atoms with Crippen LogP contribution in [0.2, 0.25) is 19.6 Å². The molecule has 0 saturated carbocycles. The number of nitrogens with zero attached hydrogens (tertiary/aromatic N) is 2. The molecule has 0 atom stereocenters. The SMILES string of the molecule is CC1(C)c2cc(-n3c4ccccc4c4ccccc43)ccc2-c2c1cc(N(c1ccc([Si](C)(C)C)cc1)c1cccc3ccccc13)c1ccccc21. The van der Waals surface area contributed by atoms with Crippen molar-refractivity contribution in [2.45, 2.75) is 38.9 Å². The number of hydrogen-bond donors (Lipinski definition) is 0.